The van der Waals surface area contributed by atoms with Crippen LogP contribution in [0.5, 0.6) is 5.75 Å². The Labute approximate surface area is 174 Å². The molecule has 0 spiro atoms. The summed E-state index contributed by atoms with van der Waals surface area (Å²) >= 11 is 10.3. The smallest absolute Gasteiger partial charge is 0.254 e. The van der Waals surface area contributed by atoms with E-state index in [9.17, 15) is 10.1 Å². The zero-order valence-corrected chi connectivity index (χ0v) is 16.9. The third-order valence-corrected chi connectivity index (χ3v) is 5.06. The lowest BCUT2D eigenvalue weighted by Crippen LogP contribution is -2.30. The summed E-state index contributed by atoms with van der Waals surface area (Å²) in [5.41, 5.74) is 2.87. The van der Waals surface area contributed by atoms with Crippen molar-refractivity contribution in [2.75, 3.05) is 12.4 Å². The fraction of sp³-hybridized carbons (Fsp3) is 0.143. The summed E-state index contributed by atoms with van der Waals surface area (Å²) in [5.74, 6) is -0.155. The van der Waals surface area contributed by atoms with Crippen molar-refractivity contribution in [1.29, 1.82) is 5.26 Å². The molecule has 0 saturated heterocycles. The van der Waals surface area contributed by atoms with Crippen LogP contribution in [0.15, 0.2) is 70.4 Å². The molecule has 2 aromatic rings. The van der Waals surface area contributed by atoms with Crippen LogP contribution in [-0.2, 0) is 4.79 Å². The molecule has 142 valence electrons. The number of ether oxygens (including phenoxy) is 1. The van der Waals surface area contributed by atoms with E-state index in [1.807, 2.05) is 12.1 Å². The third-order valence-electron chi connectivity index (χ3n) is 4.46. The molecule has 1 unspecified atom stereocenters. The number of halogens is 1. The minimum absolute atomic E-state index is 0.304. The van der Waals surface area contributed by atoms with Crippen LogP contribution >= 0.6 is 24.2 Å². The number of amides is 1. The number of hydrogen-bond acceptors (Lipinski definition) is 5. The number of thiol groups is 1. The number of nitrogens with one attached hydrogen (secondary N) is 2. The standard InChI is InChI=1S/C21H18ClN3O2S/c1-12-18(20(26)25-15-7-5-14(22)6-8-15)19(17(11-23)21(28)24-12)13-3-9-16(27-2)10-4-13/h3-10,19,24,28H,1-2H3,(H,25,26). The summed E-state index contributed by atoms with van der Waals surface area (Å²) in [7, 11) is 1.58. The van der Waals surface area contributed by atoms with Crippen molar-refractivity contribution in [3.63, 3.8) is 0 Å². The van der Waals surface area contributed by atoms with Gasteiger partial charge >= 0.3 is 0 Å². The molecule has 0 aliphatic carbocycles. The molecule has 0 aromatic heterocycles. The van der Waals surface area contributed by atoms with Crippen LogP contribution in [0.25, 0.3) is 0 Å². The number of rotatable bonds is 4. The predicted octanol–water partition coefficient (Wildman–Crippen LogP) is 4.61. The quantitative estimate of drug-likeness (QED) is 0.642. The first kappa shape index (κ1) is 19.9. The van der Waals surface area contributed by atoms with Gasteiger partial charge in [-0.1, -0.05) is 23.7 Å². The van der Waals surface area contributed by atoms with Gasteiger partial charge in [-0.25, -0.2) is 0 Å². The van der Waals surface area contributed by atoms with Crippen LogP contribution in [0, 0.1) is 11.3 Å². The molecule has 28 heavy (non-hydrogen) atoms. The second-order valence-electron chi connectivity index (χ2n) is 6.20. The van der Waals surface area contributed by atoms with Gasteiger partial charge < -0.3 is 15.4 Å². The fourth-order valence-electron chi connectivity index (χ4n) is 3.09. The van der Waals surface area contributed by atoms with Crippen LogP contribution in [0.3, 0.4) is 0 Å². The van der Waals surface area contributed by atoms with Gasteiger partial charge in [-0.15, -0.1) is 12.6 Å². The van der Waals surface area contributed by atoms with Gasteiger partial charge in [0.25, 0.3) is 5.91 Å². The van der Waals surface area contributed by atoms with E-state index in [1.54, 1.807) is 50.4 Å². The summed E-state index contributed by atoms with van der Waals surface area (Å²) in [4.78, 5) is 13.1. The highest BCUT2D eigenvalue weighted by atomic mass is 35.5. The number of nitrogens with zero attached hydrogens (tertiary/aromatic N) is 1. The molecule has 7 heteroatoms. The van der Waals surface area contributed by atoms with Crippen molar-refractivity contribution in [1.82, 2.24) is 5.32 Å². The maximum Gasteiger partial charge on any atom is 0.254 e. The molecule has 0 bridgehead atoms. The molecule has 3 rings (SSSR count). The molecule has 1 aliphatic rings. The van der Waals surface area contributed by atoms with Gasteiger partial charge in [-0.2, -0.15) is 5.26 Å². The van der Waals surface area contributed by atoms with Crippen molar-refractivity contribution >= 4 is 35.8 Å². The predicted molar refractivity (Wildman–Crippen MR) is 113 cm³/mol. The van der Waals surface area contributed by atoms with Gasteiger partial charge in [-0.05, 0) is 48.9 Å². The van der Waals surface area contributed by atoms with Gasteiger partial charge in [0.15, 0.2) is 0 Å². The minimum Gasteiger partial charge on any atom is -0.497 e. The van der Waals surface area contributed by atoms with Crippen LogP contribution < -0.4 is 15.4 Å². The monoisotopic (exact) mass is 411 g/mol. The molecule has 2 N–H and O–H groups in total. The van der Waals surface area contributed by atoms with E-state index >= 15 is 0 Å². The van der Waals surface area contributed by atoms with Crippen molar-refractivity contribution in [3.05, 3.63) is 81.0 Å². The molecular formula is C21H18ClN3O2S. The van der Waals surface area contributed by atoms with Gasteiger partial charge in [-0.3, -0.25) is 4.79 Å². The van der Waals surface area contributed by atoms with E-state index in [1.165, 1.54) is 0 Å². The van der Waals surface area contributed by atoms with Crippen LogP contribution in [-0.4, -0.2) is 13.0 Å². The van der Waals surface area contributed by atoms with Crippen LogP contribution in [0.1, 0.15) is 18.4 Å². The Kier molecular flexibility index (Phi) is 5.98. The summed E-state index contributed by atoms with van der Waals surface area (Å²) in [6, 6.07) is 16.3. The van der Waals surface area contributed by atoms with E-state index in [0.29, 0.717) is 38.3 Å². The van der Waals surface area contributed by atoms with Crippen LogP contribution in [0.2, 0.25) is 5.02 Å². The lowest BCUT2D eigenvalue weighted by atomic mass is 9.82. The number of dihydropyridines is 1. The van der Waals surface area contributed by atoms with E-state index in [4.69, 9.17) is 16.3 Å². The number of carbonyl (C=O) groups is 1. The Balaban J connectivity index is 2.02. The van der Waals surface area contributed by atoms with Crippen molar-refractivity contribution in [2.45, 2.75) is 12.8 Å². The van der Waals surface area contributed by atoms with Gasteiger partial charge in [0.1, 0.15) is 5.75 Å². The lowest BCUT2D eigenvalue weighted by Gasteiger charge is -2.28. The van der Waals surface area contributed by atoms with Crippen molar-refractivity contribution in [2.24, 2.45) is 0 Å². The van der Waals surface area contributed by atoms with Crippen LogP contribution in [0.4, 0.5) is 5.69 Å². The Bertz CT molecular complexity index is 1010. The molecule has 1 heterocycles. The number of allylic oxidation sites excluding steroid dienone is 2. The normalized spacial score (nSPS) is 16.3. The van der Waals surface area contributed by atoms with E-state index in [-0.39, 0.29) is 5.91 Å². The Morgan fingerprint density at radius 2 is 1.86 bits per heavy atom. The molecule has 0 saturated carbocycles. The SMILES string of the molecule is COc1ccc(C2C(C#N)=C(S)NC(C)=C2C(=O)Nc2ccc(Cl)cc2)cc1. The second-order valence-corrected chi connectivity index (χ2v) is 7.09. The molecule has 1 aliphatic heterocycles. The number of carbonyl (C=O) groups excluding carboxylic acids is 1. The molecule has 1 amide bonds. The average molecular weight is 412 g/mol. The van der Waals surface area contributed by atoms with E-state index in [2.05, 4.69) is 29.3 Å². The van der Waals surface area contributed by atoms with E-state index < -0.39 is 5.92 Å². The first-order chi connectivity index (χ1) is 13.4. The zero-order chi connectivity index (χ0) is 20.3. The summed E-state index contributed by atoms with van der Waals surface area (Å²) in [5, 5.41) is 16.6. The number of anilines is 1. The Hall–Kier alpha value is -2.88. The number of hydrogen-bond donors (Lipinski definition) is 3. The number of methoxy groups -OCH3 is 1. The molecule has 0 fully saturated rings. The topological polar surface area (TPSA) is 74.1 Å². The van der Waals surface area contributed by atoms with Gasteiger partial charge in [0.2, 0.25) is 0 Å². The van der Waals surface area contributed by atoms with Gasteiger partial charge in [0.05, 0.1) is 29.7 Å². The molecule has 5 nitrogen and oxygen atoms in total. The zero-order valence-electron chi connectivity index (χ0n) is 15.3. The molecule has 1 atom stereocenters. The summed E-state index contributed by atoms with van der Waals surface area (Å²) < 4.78 is 5.21. The van der Waals surface area contributed by atoms with E-state index in [0.717, 1.165) is 5.56 Å². The first-order valence-corrected chi connectivity index (χ1v) is 9.29. The summed E-state index contributed by atoms with van der Waals surface area (Å²) in [6.45, 7) is 1.79. The Morgan fingerprint density at radius 3 is 2.43 bits per heavy atom. The maximum absolute atomic E-state index is 13.1. The average Bonchev–Trinajstić information content (AvgIpc) is 2.69. The molecule has 0 radical (unpaired) electrons. The highest BCUT2D eigenvalue weighted by molar-refractivity contribution is 7.84. The summed E-state index contributed by atoms with van der Waals surface area (Å²) in [6.07, 6.45) is 0. The van der Waals surface area contributed by atoms with Gasteiger partial charge in [0, 0.05) is 22.0 Å². The molecule has 2 aromatic carbocycles. The Morgan fingerprint density at radius 1 is 1.21 bits per heavy atom. The van der Waals surface area contributed by atoms with Crippen molar-refractivity contribution in [3.8, 4) is 11.8 Å². The first-order valence-electron chi connectivity index (χ1n) is 8.46. The fourth-order valence-corrected chi connectivity index (χ4v) is 3.56. The number of nitriles is 1. The number of benzene rings is 2. The molecular weight excluding hydrogens is 394 g/mol. The maximum atomic E-state index is 13.1. The highest BCUT2D eigenvalue weighted by Crippen LogP contribution is 2.39. The lowest BCUT2D eigenvalue weighted by molar-refractivity contribution is -0.113. The second kappa shape index (κ2) is 8.42. The van der Waals surface area contributed by atoms with Crippen molar-refractivity contribution < 1.29 is 9.53 Å². The highest BCUT2D eigenvalue weighted by Gasteiger charge is 2.33. The largest absolute Gasteiger partial charge is 0.497 e. The minimum atomic E-state index is -0.544. The third kappa shape index (κ3) is 4.01.